The number of nitrogens with one attached hydrogen (secondary N) is 2. The van der Waals surface area contributed by atoms with E-state index >= 15 is 0 Å². The molecular weight excluding hydrogens is 370 g/mol. The molecule has 1 aliphatic rings. The number of piperidine rings is 1. The van der Waals surface area contributed by atoms with E-state index in [9.17, 15) is 9.59 Å². The second kappa shape index (κ2) is 8.49. The van der Waals surface area contributed by atoms with Gasteiger partial charge in [-0.15, -0.1) is 0 Å². The molecule has 2 aromatic rings. The number of pyridine rings is 1. The first kappa shape index (κ1) is 19.3. The van der Waals surface area contributed by atoms with E-state index in [2.05, 4.69) is 25.7 Å². The molecule has 2 N–H and O–H groups in total. The maximum absolute atomic E-state index is 12.4. The molecule has 8 nitrogen and oxygen atoms in total. The predicted octanol–water partition coefficient (Wildman–Crippen LogP) is 2.71. The van der Waals surface area contributed by atoms with E-state index < -0.39 is 0 Å². The smallest absolute Gasteiger partial charge is 0.243 e. The minimum atomic E-state index is -0.322. The molecule has 3 rings (SSSR count). The SMILES string of the molecule is Cc1cc(NC(=O)C(C)N2CCC(C(=O)Nc3ccc(Cl)cn3)CC2)on1. The van der Waals surface area contributed by atoms with Crippen LogP contribution in [0.2, 0.25) is 5.02 Å². The second-order valence-electron chi connectivity index (χ2n) is 6.66. The van der Waals surface area contributed by atoms with Crippen LogP contribution in [-0.4, -0.2) is 46.0 Å². The summed E-state index contributed by atoms with van der Waals surface area (Å²) in [5, 5.41) is 9.81. The highest BCUT2D eigenvalue weighted by Gasteiger charge is 2.30. The van der Waals surface area contributed by atoms with Crippen LogP contribution in [0.1, 0.15) is 25.5 Å². The number of halogens is 1. The zero-order chi connectivity index (χ0) is 19.4. The molecule has 0 spiro atoms. The fourth-order valence-electron chi connectivity index (χ4n) is 3.04. The molecule has 1 fully saturated rings. The Kier molecular flexibility index (Phi) is 6.08. The Morgan fingerprint density at radius 1 is 1.30 bits per heavy atom. The van der Waals surface area contributed by atoms with Crippen molar-refractivity contribution in [2.24, 2.45) is 5.92 Å². The quantitative estimate of drug-likeness (QED) is 0.812. The lowest BCUT2D eigenvalue weighted by atomic mass is 9.95. The minimum Gasteiger partial charge on any atom is -0.338 e. The molecule has 0 radical (unpaired) electrons. The zero-order valence-electron chi connectivity index (χ0n) is 15.2. The molecule has 27 heavy (non-hydrogen) atoms. The Balaban J connectivity index is 1.48. The summed E-state index contributed by atoms with van der Waals surface area (Å²) in [7, 11) is 0. The number of rotatable bonds is 5. The topological polar surface area (TPSA) is 100 Å². The van der Waals surface area contributed by atoms with Crippen LogP contribution in [0.4, 0.5) is 11.7 Å². The summed E-state index contributed by atoms with van der Waals surface area (Å²) in [4.78, 5) is 30.9. The van der Waals surface area contributed by atoms with E-state index in [4.69, 9.17) is 16.1 Å². The van der Waals surface area contributed by atoms with Crippen LogP contribution in [0.15, 0.2) is 28.9 Å². The van der Waals surface area contributed by atoms with Crippen LogP contribution >= 0.6 is 11.6 Å². The van der Waals surface area contributed by atoms with Gasteiger partial charge in [-0.05, 0) is 51.9 Å². The Bertz CT molecular complexity index is 800. The van der Waals surface area contributed by atoms with Gasteiger partial charge in [0.25, 0.3) is 0 Å². The molecular formula is C18H22ClN5O3. The number of hydrogen-bond donors (Lipinski definition) is 2. The second-order valence-corrected chi connectivity index (χ2v) is 7.10. The number of aromatic nitrogens is 2. The van der Waals surface area contributed by atoms with E-state index in [1.54, 1.807) is 25.1 Å². The maximum atomic E-state index is 12.4. The number of amides is 2. The zero-order valence-corrected chi connectivity index (χ0v) is 16.0. The van der Waals surface area contributed by atoms with Gasteiger partial charge in [0.2, 0.25) is 17.7 Å². The number of anilines is 2. The van der Waals surface area contributed by atoms with E-state index in [1.165, 1.54) is 6.20 Å². The predicted molar refractivity (Wildman–Crippen MR) is 102 cm³/mol. The molecule has 3 heterocycles. The third kappa shape index (κ3) is 5.05. The molecule has 9 heteroatoms. The number of hydrogen-bond acceptors (Lipinski definition) is 6. The van der Waals surface area contributed by atoms with Gasteiger partial charge in [-0.2, -0.15) is 0 Å². The molecule has 1 atom stereocenters. The lowest BCUT2D eigenvalue weighted by molar-refractivity contribution is -0.123. The van der Waals surface area contributed by atoms with Crippen LogP contribution in [0.25, 0.3) is 0 Å². The standard InChI is InChI=1S/C18H22ClN5O3/c1-11-9-16(27-23-11)22-17(25)12(2)24-7-5-13(6-8-24)18(26)21-15-4-3-14(19)10-20-15/h3-4,9-10,12-13H,5-8H2,1-2H3,(H,22,25)(H,20,21,26). The summed E-state index contributed by atoms with van der Waals surface area (Å²) in [6.07, 6.45) is 2.85. The average Bonchev–Trinajstić information content (AvgIpc) is 3.07. The van der Waals surface area contributed by atoms with Crippen molar-refractivity contribution < 1.29 is 14.1 Å². The van der Waals surface area contributed by atoms with Gasteiger partial charge < -0.3 is 9.84 Å². The van der Waals surface area contributed by atoms with Gasteiger partial charge in [0.05, 0.1) is 16.8 Å². The molecule has 1 unspecified atom stereocenters. The van der Waals surface area contributed by atoms with Crippen molar-refractivity contribution in [3.8, 4) is 0 Å². The number of carbonyl (C=O) groups is 2. The van der Waals surface area contributed by atoms with Crippen molar-refractivity contribution in [1.82, 2.24) is 15.0 Å². The van der Waals surface area contributed by atoms with Gasteiger partial charge in [0.15, 0.2) is 0 Å². The third-order valence-electron chi connectivity index (χ3n) is 4.68. The van der Waals surface area contributed by atoms with Crippen molar-refractivity contribution in [2.75, 3.05) is 23.7 Å². The fourth-order valence-corrected chi connectivity index (χ4v) is 3.15. The number of aryl methyl sites for hydroxylation is 1. The fraction of sp³-hybridized carbons (Fsp3) is 0.444. The first-order valence-corrected chi connectivity index (χ1v) is 9.21. The van der Waals surface area contributed by atoms with Gasteiger partial charge in [-0.3, -0.25) is 19.8 Å². The van der Waals surface area contributed by atoms with Crippen LogP contribution in [0.5, 0.6) is 0 Å². The lowest BCUT2D eigenvalue weighted by Crippen LogP contribution is -2.47. The Hall–Kier alpha value is -2.45. The van der Waals surface area contributed by atoms with E-state index in [0.29, 0.717) is 48.3 Å². The van der Waals surface area contributed by atoms with Crippen LogP contribution in [-0.2, 0) is 9.59 Å². The maximum Gasteiger partial charge on any atom is 0.243 e. The van der Waals surface area contributed by atoms with E-state index in [0.717, 1.165) is 0 Å². The Morgan fingerprint density at radius 3 is 2.63 bits per heavy atom. The molecule has 0 saturated carbocycles. The van der Waals surface area contributed by atoms with Crippen molar-refractivity contribution in [3.63, 3.8) is 0 Å². The third-order valence-corrected chi connectivity index (χ3v) is 4.90. The highest BCUT2D eigenvalue weighted by molar-refractivity contribution is 6.30. The molecule has 0 aromatic carbocycles. The van der Waals surface area contributed by atoms with Gasteiger partial charge in [0.1, 0.15) is 5.82 Å². The van der Waals surface area contributed by atoms with Gasteiger partial charge in [0, 0.05) is 18.2 Å². The van der Waals surface area contributed by atoms with E-state index in [-0.39, 0.29) is 23.8 Å². The number of likely N-dealkylation sites (tertiary alicyclic amines) is 1. The van der Waals surface area contributed by atoms with Crippen LogP contribution in [0.3, 0.4) is 0 Å². The lowest BCUT2D eigenvalue weighted by Gasteiger charge is -2.34. The van der Waals surface area contributed by atoms with E-state index in [1.807, 2.05) is 6.92 Å². The van der Waals surface area contributed by atoms with Gasteiger partial charge in [-0.25, -0.2) is 4.98 Å². The van der Waals surface area contributed by atoms with Crippen molar-refractivity contribution in [3.05, 3.63) is 35.1 Å². The van der Waals surface area contributed by atoms with Gasteiger partial charge in [-0.1, -0.05) is 16.8 Å². The highest BCUT2D eigenvalue weighted by atomic mass is 35.5. The summed E-state index contributed by atoms with van der Waals surface area (Å²) >= 11 is 5.80. The highest BCUT2D eigenvalue weighted by Crippen LogP contribution is 2.21. The molecule has 0 bridgehead atoms. The average molecular weight is 392 g/mol. The van der Waals surface area contributed by atoms with Crippen molar-refractivity contribution >= 4 is 35.1 Å². The summed E-state index contributed by atoms with van der Waals surface area (Å²) in [6, 6.07) is 4.71. The molecule has 144 valence electrons. The first-order valence-electron chi connectivity index (χ1n) is 8.83. The first-order chi connectivity index (χ1) is 12.9. The number of carbonyl (C=O) groups excluding carboxylic acids is 2. The summed E-state index contributed by atoms with van der Waals surface area (Å²) < 4.78 is 5.02. The normalized spacial score (nSPS) is 16.7. The number of nitrogens with zero attached hydrogens (tertiary/aromatic N) is 3. The minimum absolute atomic E-state index is 0.0567. The van der Waals surface area contributed by atoms with Gasteiger partial charge >= 0.3 is 0 Å². The monoisotopic (exact) mass is 391 g/mol. The summed E-state index contributed by atoms with van der Waals surface area (Å²) in [6.45, 7) is 4.96. The largest absolute Gasteiger partial charge is 0.338 e. The van der Waals surface area contributed by atoms with Crippen molar-refractivity contribution in [1.29, 1.82) is 0 Å². The molecule has 2 amide bonds. The molecule has 2 aromatic heterocycles. The molecule has 1 aliphatic heterocycles. The summed E-state index contributed by atoms with van der Waals surface area (Å²) in [5.74, 6) is 0.514. The van der Waals surface area contributed by atoms with Crippen LogP contribution < -0.4 is 10.6 Å². The Morgan fingerprint density at radius 2 is 2.04 bits per heavy atom. The summed E-state index contributed by atoms with van der Waals surface area (Å²) in [5.41, 5.74) is 0.708. The van der Waals surface area contributed by atoms with Crippen LogP contribution in [0, 0.1) is 12.8 Å². The van der Waals surface area contributed by atoms with Crippen molar-refractivity contribution in [2.45, 2.75) is 32.7 Å². The Labute approximate surface area is 162 Å². The molecule has 1 saturated heterocycles. The molecule has 0 aliphatic carbocycles.